The zero-order valence-corrected chi connectivity index (χ0v) is 24.8. The number of rotatable bonds is 19. The van der Waals surface area contributed by atoms with E-state index in [9.17, 15) is 5.53 Å². The number of hydrogen-bond donors (Lipinski definition) is 0. The Kier molecular flexibility index (Phi) is 16.1. The Morgan fingerprint density at radius 2 is 1.08 bits per heavy atom. The highest BCUT2D eigenvalue weighted by Crippen LogP contribution is 2.35. The molecule has 0 radical (unpaired) electrons. The van der Waals surface area contributed by atoms with Crippen LogP contribution in [0.5, 0.6) is 0 Å². The summed E-state index contributed by atoms with van der Waals surface area (Å²) in [5, 5.41) is 0. The lowest BCUT2D eigenvalue weighted by Gasteiger charge is -2.18. The predicted molar refractivity (Wildman–Crippen MR) is 166 cm³/mol. The van der Waals surface area contributed by atoms with Crippen molar-refractivity contribution in [1.29, 1.82) is 0 Å². The molecule has 0 aliphatic heterocycles. The summed E-state index contributed by atoms with van der Waals surface area (Å²) in [7, 11) is 0. The van der Waals surface area contributed by atoms with Gasteiger partial charge in [0.1, 0.15) is 0 Å². The molecule has 0 heterocycles. The van der Waals surface area contributed by atoms with Crippen LogP contribution in [0.3, 0.4) is 0 Å². The number of unbranched alkanes of at least 4 members (excludes halogenated alkanes) is 8. The van der Waals surface area contributed by atoms with Crippen LogP contribution in [0.25, 0.3) is 11.1 Å². The van der Waals surface area contributed by atoms with Crippen molar-refractivity contribution in [3.63, 3.8) is 0 Å². The summed E-state index contributed by atoms with van der Waals surface area (Å²) in [5.74, 6) is 3.02. The van der Waals surface area contributed by atoms with Crippen molar-refractivity contribution in [3.05, 3.63) is 87.5 Å². The number of allylic oxidation sites excluding steroid dienone is 2. The fourth-order valence-corrected chi connectivity index (χ4v) is 5.17. The van der Waals surface area contributed by atoms with Gasteiger partial charge >= 0.3 is 5.87 Å². The van der Waals surface area contributed by atoms with Crippen LogP contribution in [0.1, 0.15) is 140 Å². The molecule has 0 bridgehead atoms. The minimum atomic E-state index is 0.900. The van der Waals surface area contributed by atoms with Crippen LogP contribution in [0.2, 0.25) is 0 Å². The first-order valence-electron chi connectivity index (χ1n) is 15.6. The normalized spacial score (nSPS) is 11.6. The van der Waals surface area contributed by atoms with Gasteiger partial charge in [-0.15, -0.1) is 4.79 Å². The first-order valence-corrected chi connectivity index (χ1v) is 15.6. The first-order chi connectivity index (χ1) is 18.7. The van der Waals surface area contributed by atoms with E-state index in [1.807, 2.05) is 0 Å². The quantitative estimate of drug-likeness (QED) is 0.0590. The molecule has 206 valence electrons. The van der Waals surface area contributed by atoms with E-state index in [2.05, 4.69) is 86.9 Å². The lowest BCUT2D eigenvalue weighted by molar-refractivity contribution is 0.00739. The summed E-state index contributed by atoms with van der Waals surface area (Å²) < 4.78 is 0. The van der Waals surface area contributed by atoms with E-state index in [4.69, 9.17) is 0 Å². The summed E-state index contributed by atoms with van der Waals surface area (Å²) in [6, 6.07) is 18.5. The predicted octanol–water partition coefficient (Wildman–Crippen LogP) is 10.9. The average Bonchev–Trinajstić information content (AvgIpc) is 2.95. The Morgan fingerprint density at radius 1 is 0.579 bits per heavy atom. The van der Waals surface area contributed by atoms with E-state index >= 15 is 0 Å². The fourth-order valence-electron chi connectivity index (χ4n) is 5.17. The second kappa shape index (κ2) is 19.4. The molecule has 0 aliphatic rings. The lowest BCUT2D eigenvalue weighted by atomic mass is 9.85. The Labute approximate surface area is 233 Å². The Balaban J connectivity index is 2.57. The largest absolute Gasteiger partial charge is 0.348 e. The molecule has 2 heteroatoms. The summed E-state index contributed by atoms with van der Waals surface area (Å²) >= 11 is 0. The van der Waals surface area contributed by atoms with Gasteiger partial charge < -0.3 is 5.53 Å². The highest BCUT2D eigenvalue weighted by atomic mass is 14.8. The van der Waals surface area contributed by atoms with Crippen LogP contribution in [-0.4, -0.2) is 10.7 Å². The minimum Gasteiger partial charge on any atom is -0.348 e. The van der Waals surface area contributed by atoms with Crippen LogP contribution in [-0.2, 0) is 12.8 Å². The molecule has 0 saturated heterocycles. The van der Waals surface area contributed by atoms with Gasteiger partial charge in [0.05, 0.1) is 5.57 Å². The van der Waals surface area contributed by atoms with Gasteiger partial charge in [0.25, 0.3) is 0 Å². The Morgan fingerprint density at radius 3 is 1.58 bits per heavy atom. The Bertz CT molecular complexity index is 1030. The smallest absolute Gasteiger partial charge is 0.303 e. The van der Waals surface area contributed by atoms with Crippen LogP contribution in [0.4, 0.5) is 0 Å². The maximum atomic E-state index is 9.58. The van der Waals surface area contributed by atoms with Gasteiger partial charge in [0, 0.05) is 0 Å². The second-order valence-electron chi connectivity index (χ2n) is 10.8. The molecule has 2 aromatic carbocycles. The molecule has 0 aliphatic carbocycles. The third-order valence-corrected chi connectivity index (χ3v) is 7.53. The molecule has 0 spiro atoms. The SMILES string of the molecule is CCCCCCC(=C=[N+]=[N-])C(CCCC)=C(c1ccc(CCCC)cc1)c1ccc(CCCCCC)cc1. The van der Waals surface area contributed by atoms with E-state index in [1.165, 1.54) is 91.2 Å². The molecule has 38 heavy (non-hydrogen) atoms. The highest BCUT2D eigenvalue weighted by Gasteiger charge is 2.18. The summed E-state index contributed by atoms with van der Waals surface area (Å²) in [6.07, 6.45) is 18.7. The van der Waals surface area contributed by atoms with Gasteiger partial charge in [-0.05, 0) is 84.8 Å². The molecule has 0 amide bonds. The molecule has 0 unspecified atom stereocenters. The monoisotopic (exact) mass is 512 g/mol. The molecular formula is C36H52N2. The van der Waals surface area contributed by atoms with Gasteiger partial charge in [-0.3, -0.25) is 0 Å². The van der Waals surface area contributed by atoms with E-state index in [0.29, 0.717) is 0 Å². The van der Waals surface area contributed by atoms with Crippen molar-refractivity contribution in [1.82, 2.24) is 0 Å². The topological polar surface area (TPSA) is 36.4 Å². The van der Waals surface area contributed by atoms with E-state index in [-0.39, 0.29) is 0 Å². The number of nitrogens with zero attached hydrogens (tertiary/aromatic N) is 2. The molecule has 0 atom stereocenters. The maximum absolute atomic E-state index is 9.58. The summed E-state index contributed by atoms with van der Waals surface area (Å²) in [4.78, 5) is 3.42. The third-order valence-electron chi connectivity index (χ3n) is 7.53. The zero-order chi connectivity index (χ0) is 27.4. The van der Waals surface area contributed by atoms with Crippen LogP contribution >= 0.6 is 0 Å². The molecule has 2 rings (SSSR count). The van der Waals surface area contributed by atoms with Crippen molar-refractivity contribution in [2.75, 3.05) is 0 Å². The van der Waals surface area contributed by atoms with Gasteiger partial charge in [-0.1, -0.05) is 128 Å². The highest BCUT2D eigenvalue weighted by molar-refractivity contribution is 5.87. The van der Waals surface area contributed by atoms with Crippen molar-refractivity contribution >= 4 is 11.4 Å². The number of aryl methyl sites for hydroxylation is 2. The molecular weight excluding hydrogens is 460 g/mol. The van der Waals surface area contributed by atoms with Crippen molar-refractivity contribution in [2.45, 2.75) is 130 Å². The molecule has 2 nitrogen and oxygen atoms in total. The van der Waals surface area contributed by atoms with Gasteiger partial charge in [0.2, 0.25) is 0 Å². The number of benzene rings is 2. The summed E-state index contributed by atoms with van der Waals surface area (Å²) in [5.41, 5.74) is 18.5. The van der Waals surface area contributed by atoms with E-state index in [0.717, 1.165) is 50.5 Å². The summed E-state index contributed by atoms with van der Waals surface area (Å²) in [6.45, 7) is 9.01. The molecule has 0 aromatic heterocycles. The standard InChI is InChI=1S/C36H52N2/c1-5-9-13-15-18-31-23-27-33(28-24-31)36(32-25-21-30(22-26-32)17-11-7-3)35(20-12-8-4)34(29-38-37)19-16-14-10-6-2/h21-28H,5-20H2,1-4H3. The van der Waals surface area contributed by atoms with Crippen LogP contribution < -0.4 is 0 Å². The van der Waals surface area contributed by atoms with Gasteiger partial charge in [-0.2, -0.15) is 0 Å². The van der Waals surface area contributed by atoms with Crippen LogP contribution in [0.15, 0.2) is 59.7 Å². The number of hydrogen-bond acceptors (Lipinski definition) is 0. The van der Waals surface area contributed by atoms with Gasteiger partial charge in [-0.25, -0.2) is 0 Å². The van der Waals surface area contributed by atoms with Crippen LogP contribution in [0, 0.1) is 0 Å². The lowest BCUT2D eigenvalue weighted by Crippen LogP contribution is -2.01. The molecule has 0 N–H and O–H groups in total. The van der Waals surface area contributed by atoms with Crippen molar-refractivity contribution in [2.24, 2.45) is 0 Å². The molecule has 0 fully saturated rings. The first kappa shape index (κ1) is 31.6. The van der Waals surface area contributed by atoms with E-state index in [1.54, 1.807) is 0 Å². The minimum absolute atomic E-state index is 0.900. The average molecular weight is 513 g/mol. The zero-order valence-electron chi connectivity index (χ0n) is 24.8. The van der Waals surface area contributed by atoms with Gasteiger partial charge in [0.15, 0.2) is 0 Å². The van der Waals surface area contributed by atoms with Crippen molar-refractivity contribution in [3.8, 4) is 0 Å². The maximum Gasteiger partial charge on any atom is 0.303 e. The second-order valence-corrected chi connectivity index (χ2v) is 10.8. The Hall–Kier alpha value is -2.66. The van der Waals surface area contributed by atoms with E-state index < -0.39 is 0 Å². The fraction of sp³-hybridized carbons (Fsp3) is 0.556. The third kappa shape index (κ3) is 11.0. The molecule has 0 saturated carbocycles. The molecule has 2 aromatic rings. The van der Waals surface area contributed by atoms with Crippen molar-refractivity contribution < 1.29 is 4.79 Å².